The zero-order valence-electron chi connectivity index (χ0n) is 7.60. The van der Waals surface area contributed by atoms with Crippen LogP contribution < -0.4 is 0 Å². The van der Waals surface area contributed by atoms with Gasteiger partial charge in [0, 0.05) is 12.8 Å². The predicted molar refractivity (Wildman–Crippen MR) is 44.9 cm³/mol. The molecule has 1 nitrogen and oxygen atoms in total. The smallest absolute Gasteiger partial charge is 0.242 e. The highest BCUT2D eigenvalue weighted by atomic mass is 19.1. The summed E-state index contributed by atoms with van der Waals surface area (Å²) in [5.41, 5.74) is 0. The van der Waals surface area contributed by atoms with Gasteiger partial charge in [-0.15, -0.1) is 0 Å². The molecule has 0 radical (unpaired) electrons. The lowest BCUT2D eigenvalue weighted by molar-refractivity contribution is -0.936. The Labute approximate surface area is 68.1 Å². The lowest BCUT2D eigenvalue weighted by atomic mass is 10.3. The molecule has 0 atom stereocenters. The Morgan fingerprint density at radius 3 is 2.36 bits per heavy atom. The van der Waals surface area contributed by atoms with Crippen molar-refractivity contribution in [2.24, 2.45) is 0 Å². The summed E-state index contributed by atoms with van der Waals surface area (Å²) in [6.07, 6.45) is 5.47. The van der Waals surface area contributed by atoms with Gasteiger partial charge in [-0.1, -0.05) is 6.08 Å². The minimum Gasteiger partial charge on any atom is -0.294 e. The van der Waals surface area contributed by atoms with Crippen LogP contribution in [-0.2, 0) is 0 Å². The van der Waals surface area contributed by atoms with E-state index in [4.69, 9.17) is 0 Å². The van der Waals surface area contributed by atoms with E-state index in [9.17, 15) is 4.39 Å². The van der Waals surface area contributed by atoms with Crippen molar-refractivity contribution in [1.82, 2.24) is 0 Å². The van der Waals surface area contributed by atoms with Gasteiger partial charge < -0.3 is 0 Å². The highest BCUT2D eigenvalue weighted by molar-refractivity contribution is 4.87. The van der Waals surface area contributed by atoms with Gasteiger partial charge in [0.2, 0.25) is 5.79 Å². The first-order chi connectivity index (χ1) is 5.02. The lowest BCUT2D eigenvalue weighted by Gasteiger charge is -2.32. The van der Waals surface area contributed by atoms with Gasteiger partial charge in [-0.05, 0) is 13.0 Å². The number of likely N-dealkylation sites (N-methyl/N-ethyl adjacent to an activating group) is 1. The fourth-order valence-electron chi connectivity index (χ4n) is 1.24. The number of alkyl halides is 1. The topological polar surface area (TPSA) is 0 Å². The predicted octanol–water partition coefficient (Wildman–Crippen LogP) is 2.10. The van der Waals surface area contributed by atoms with E-state index < -0.39 is 5.79 Å². The largest absolute Gasteiger partial charge is 0.294 e. The van der Waals surface area contributed by atoms with E-state index in [2.05, 4.69) is 0 Å². The van der Waals surface area contributed by atoms with E-state index >= 15 is 0 Å². The molecule has 64 valence electrons. The lowest BCUT2D eigenvalue weighted by Crippen LogP contribution is -2.48. The molecule has 2 heteroatoms. The number of nitrogens with zero attached hydrogens (tertiary/aromatic N) is 1. The van der Waals surface area contributed by atoms with Gasteiger partial charge in [-0.2, -0.15) is 4.39 Å². The molecular formula is C9H17FN+. The quantitative estimate of drug-likeness (QED) is 0.335. The summed E-state index contributed by atoms with van der Waals surface area (Å²) in [5.74, 6) is -0.917. The number of hydrogen-bond donors (Lipinski definition) is 0. The summed E-state index contributed by atoms with van der Waals surface area (Å²) in [4.78, 5) is 0. The molecular weight excluding hydrogens is 141 g/mol. The molecule has 0 bridgehead atoms. The van der Waals surface area contributed by atoms with E-state index in [0.29, 0.717) is 4.48 Å². The van der Waals surface area contributed by atoms with Crippen molar-refractivity contribution in [1.29, 1.82) is 0 Å². The molecule has 0 saturated heterocycles. The number of halogens is 1. The third-order valence-corrected chi connectivity index (χ3v) is 2.54. The van der Waals surface area contributed by atoms with Crippen LogP contribution in [0.4, 0.5) is 4.39 Å². The van der Waals surface area contributed by atoms with Crippen LogP contribution in [0, 0.1) is 0 Å². The van der Waals surface area contributed by atoms with Crippen molar-refractivity contribution in [2.45, 2.75) is 25.6 Å². The highest BCUT2D eigenvalue weighted by Gasteiger charge is 2.57. The molecule has 0 aromatic carbocycles. The van der Waals surface area contributed by atoms with Crippen LogP contribution in [0.5, 0.6) is 0 Å². The Morgan fingerprint density at radius 2 is 2.00 bits per heavy atom. The number of hydrogen-bond acceptors (Lipinski definition) is 0. The maximum atomic E-state index is 13.5. The highest BCUT2D eigenvalue weighted by Crippen LogP contribution is 2.46. The summed E-state index contributed by atoms with van der Waals surface area (Å²) >= 11 is 0. The average molecular weight is 158 g/mol. The second-order valence-electron chi connectivity index (χ2n) is 3.85. The van der Waals surface area contributed by atoms with Gasteiger partial charge in [-0.25, -0.2) is 0 Å². The van der Waals surface area contributed by atoms with Gasteiger partial charge in [0.15, 0.2) is 0 Å². The fraction of sp³-hybridized carbons (Fsp3) is 0.778. The number of allylic oxidation sites excluding steroid dienone is 1. The molecule has 1 saturated carbocycles. The van der Waals surface area contributed by atoms with Crippen LogP contribution in [-0.4, -0.2) is 30.9 Å². The van der Waals surface area contributed by atoms with Gasteiger partial charge >= 0.3 is 0 Å². The number of quaternary nitrogens is 1. The summed E-state index contributed by atoms with van der Waals surface area (Å²) in [7, 11) is 3.90. The SMILES string of the molecule is C/C=C/C[N+](C)(C)C1(F)CC1. The monoisotopic (exact) mass is 158 g/mol. The van der Waals surface area contributed by atoms with Crippen molar-refractivity contribution in [3.63, 3.8) is 0 Å². The summed E-state index contributed by atoms with van der Waals surface area (Å²) in [6.45, 7) is 2.77. The van der Waals surface area contributed by atoms with Crippen molar-refractivity contribution >= 4 is 0 Å². The van der Waals surface area contributed by atoms with E-state index in [1.165, 1.54) is 0 Å². The maximum Gasteiger partial charge on any atom is 0.242 e. The van der Waals surface area contributed by atoms with Crippen molar-refractivity contribution in [3.05, 3.63) is 12.2 Å². The van der Waals surface area contributed by atoms with Gasteiger partial charge in [0.05, 0.1) is 20.6 Å². The molecule has 0 aromatic rings. The zero-order chi connectivity index (χ0) is 8.54. The van der Waals surface area contributed by atoms with Gasteiger partial charge in [0.25, 0.3) is 0 Å². The molecule has 0 heterocycles. The Kier molecular flexibility index (Phi) is 2.06. The van der Waals surface area contributed by atoms with Crippen LogP contribution in [0.1, 0.15) is 19.8 Å². The molecule has 0 spiro atoms. The normalized spacial score (nSPS) is 22.5. The van der Waals surface area contributed by atoms with Crippen LogP contribution in [0.15, 0.2) is 12.2 Å². The average Bonchev–Trinajstić information content (AvgIpc) is 2.65. The first kappa shape index (κ1) is 8.72. The van der Waals surface area contributed by atoms with Crippen LogP contribution in [0.2, 0.25) is 0 Å². The summed E-state index contributed by atoms with van der Waals surface area (Å²) < 4.78 is 14.0. The second kappa shape index (κ2) is 2.59. The van der Waals surface area contributed by atoms with E-state index in [0.717, 1.165) is 19.4 Å². The Hall–Kier alpha value is -0.370. The maximum absolute atomic E-state index is 13.5. The third-order valence-electron chi connectivity index (χ3n) is 2.54. The van der Waals surface area contributed by atoms with Crippen LogP contribution >= 0.6 is 0 Å². The fourth-order valence-corrected chi connectivity index (χ4v) is 1.24. The van der Waals surface area contributed by atoms with Crippen molar-refractivity contribution in [3.8, 4) is 0 Å². The van der Waals surface area contributed by atoms with E-state index in [-0.39, 0.29) is 0 Å². The molecule has 1 fully saturated rings. The first-order valence-corrected chi connectivity index (χ1v) is 4.15. The van der Waals surface area contributed by atoms with Crippen molar-refractivity contribution in [2.75, 3.05) is 20.6 Å². The molecule has 1 aliphatic rings. The summed E-state index contributed by atoms with van der Waals surface area (Å²) in [5, 5.41) is 0. The molecule has 1 rings (SSSR count). The molecule has 11 heavy (non-hydrogen) atoms. The Balaban J connectivity index is 2.52. The second-order valence-corrected chi connectivity index (χ2v) is 3.85. The molecule has 0 aromatic heterocycles. The van der Waals surface area contributed by atoms with E-state index in [1.54, 1.807) is 0 Å². The molecule has 0 N–H and O–H groups in total. The zero-order valence-corrected chi connectivity index (χ0v) is 7.60. The summed E-state index contributed by atoms with van der Waals surface area (Å²) in [6, 6.07) is 0. The Bertz CT molecular complexity index is 168. The third kappa shape index (κ3) is 1.62. The van der Waals surface area contributed by atoms with Crippen LogP contribution in [0.25, 0.3) is 0 Å². The van der Waals surface area contributed by atoms with Gasteiger partial charge in [-0.3, -0.25) is 4.48 Å². The molecule has 0 aliphatic heterocycles. The van der Waals surface area contributed by atoms with Crippen molar-refractivity contribution < 1.29 is 8.87 Å². The van der Waals surface area contributed by atoms with Gasteiger partial charge in [0.1, 0.15) is 0 Å². The van der Waals surface area contributed by atoms with Crippen LogP contribution in [0.3, 0.4) is 0 Å². The first-order valence-electron chi connectivity index (χ1n) is 4.15. The minimum absolute atomic E-state index is 0.483. The van der Waals surface area contributed by atoms with E-state index in [1.807, 2.05) is 33.2 Å². The molecule has 1 aliphatic carbocycles. The minimum atomic E-state index is -0.917. The molecule has 0 amide bonds. The Morgan fingerprint density at radius 1 is 1.45 bits per heavy atom. The standard InChI is InChI=1S/C9H17FN/c1-4-5-8-11(2,3)9(10)6-7-9/h4-5H,6-8H2,1-3H3/q+1/b5-4+. The number of rotatable bonds is 3. The molecule has 0 unspecified atom stereocenters.